The molecule has 1 aliphatic carbocycles. The summed E-state index contributed by atoms with van der Waals surface area (Å²) in [7, 11) is 0. The summed E-state index contributed by atoms with van der Waals surface area (Å²) in [5.41, 5.74) is 0.0763. The van der Waals surface area contributed by atoms with Gasteiger partial charge in [-0.3, -0.25) is 23.7 Å². The first-order valence-electron chi connectivity index (χ1n) is 9.91. The van der Waals surface area contributed by atoms with Gasteiger partial charge in [0.15, 0.2) is 5.52 Å². The fourth-order valence-corrected chi connectivity index (χ4v) is 3.85. The van der Waals surface area contributed by atoms with Gasteiger partial charge in [-0.05, 0) is 37.1 Å². The van der Waals surface area contributed by atoms with Crippen LogP contribution in [0.15, 0.2) is 52.3 Å². The first-order valence-corrected chi connectivity index (χ1v) is 9.91. The highest BCUT2D eigenvalue weighted by atomic mass is 16.2. The van der Waals surface area contributed by atoms with E-state index in [0.717, 1.165) is 30.3 Å². The van der Waals surface area contributed by atoms with Gasteiger partial charge in [-0.1, -0.05) is 25.3 Å². The highest BCUT2D eigenvalue weighted by molar-refractivity contribution is 5.79. The minimum atomic E-state index is -0.542. The summed E-state index contributed by atoms with van der Waals surface area (Å²) in [5.74, 6) is -0.229. The number of nitrogens with zero attached hydrogens (tertiary/aromatic N) is 4. The monoisotopic (exact) mass is 393 g/mol. The van der Waals surface area contributed by atoms with Gasteiger partial charge in [0, 0.05) is 18.4 Å². The van der Waals surface area contributed by atoms with E-state index in [4.69, 9.17) is 0 Å². The van der Waals surface area contributed by atoms with Gasteiger partial charge < -0.3 is 5.32 Å². The van der Waals surface area contributed by atoms with Crippen LogP contribution in [0, 0.1) is 0 Å². The minimum absolute atomic E-state index is 0.0231. The van der Waals surface area contributed by atoms with Crippen LogP contribution >= 0.6 is 0 Å². The first kappa shape index (κ1) is 19.0. The fraction of sp³-hybridized carbons (Fsp3) is 0.381. The predicted octanol–water partition coefficient (Wildman–Crippen LogP) is 1.45. The molecule has 1 aliphatic rings. The van der Waals surface area contributed by atoms with Gasteiger partial charge in [-0.15, -0.1) is 0 Å². The molecule has 150 valence electrons. The highest BCUT2D eigenvalue weighted by Gasteiger charge is 2.19. The third-order valence-corrected chi connectivity index (χ3v) is 5.31. The molecule has 0 radical (unpaired) electrons. The van der Waals surface area contributed by atoms with Crippen LogP contribution in [0.1, 0.15) is 37.8 Å². The molecule has 29 heavy (non-hydrogen) atoms. The maximum Gasteiger partial charge on any atom is 0.332 e. The minimum Gasteiger partial charge on any atom is -0.352 e. The van der Waals surface area contributed by atoms with Gasteiger partial charge in [-0.25, -0.2) is 9.78 Å². The van der Waals surface area contributed by atoms with Gasteiger partial charge in [-0.2, -0.15) is 0 Å². The van der Waals surface area contributed by atoms with Gasteiger partial charge in [0.25, 0.3) is 5.56 Å². The van der Waals surface area contributed by atoms with Crippen LogP contribution in [0.2, 0.25) is 0 Å². The first-order chi connectivity index (χ1) is 14.1. The molecule has 0 spiro atoms. The summed E-state index contributed by atoms with van der Waals surface area (Å²) in [4.78, 5) is 47.0. The van der Waals surface area contributed by atoms with E-state index in [1.165, 1.54) is 17.2 Å². The van der Waals surface area contributed by atoms with Crippen molar-refractivity contribution in [3.05, 3.63) is 69.3 Å². The molecule has 3 heterocycles. The number of amides is 1. The molecule has 0 unspecified atom stereocenters. The molecular formula is C21H23N5O3. The summed E-state index contributed by atoms with van der Waals surface area (Å²) in [6, 6.07) is 8.75. The Morgan fingerprint density at radius 2 is 1.79 bits per heavy atom. The second kappa shape index (κ2) is 8.38. The molecule has 0 atom stereocenters. The Kier molecular flexibility index (Phi) is 5.50. The molecule has 1 fully saturated rings. The summed E-state index contributed by atoms with van der Waals surface area (Å²) < 4.78 is 2.41. The normalized spacial score (nSPS) is 14.8. The fourth-order valence-electron chi connectivity index (χ4n) is 3.85. The molecule has 8 heteroatoms. The van der Waals surface area contributed by atoms with E-state index in [1.54, 1.807) is 36.5 Å². The number of nitrogens with one attached hydrogen (secondary N) is 1. The Hall–Kier alpha value is -3.29. The second-order valence-electron chi connectivity index (χ2n) is 7.35. The van der Waals surface area contributed by atoms with E-state index in [1.807, 2.05) is 0 Å². The molecule has 4 rings (SSSR count). The summed E-state index contributed by atoms with van der Waals surface area (Å²) in [6.45, 7) is -0.130. The van der Waals surface area contributed by atoms with Crippen molar-refractivity contribution < 1.29 is 4.79 Å². The van der Waals surface area contributed by atoms with Crippen LogP contribution in [0.5, 0.6) is 0 Å². The third kappa shape index (κ3) is 4.11. The SMILES string of the molecule is O=C(Cn1c(=O)n(Cc2ccccn2)c(=O)c2ncccc21)NC1CCCCC1. The van der Waals surface area contributed by atoms with E-state index in [0.29, 0.717) is 11.2 Å². The molecular weight excluding hydrogens is 370 g/mol. The summed E-state index contributed by atoms with van der Waals surface area (Å²) in [5, 5.41) is 3.02. The van der Waals surface area contributed by atoms with E-state index >= 15 is 0 Å². The van der Waals surface area contributed by atoms with Crippen molar-refractivity contribution in [2.24, 2.45) is 0 Å². The van der Waals surface area contributed by atoms with Gasteiger partial charge >= 0.3 is 5.69 Å². The Morgan fingerprint density at radius 3 is 2.55 bits per heavy atom. The molecule has 0 saturated heterocycles. The summed E-state index contributed by atoms with van der Waals surface area (Å²) >= 11 is 0. The number of rotatable bonds is 5. The number of fused-ring (bicyclic) bond motifs is 1. The molecule has 3 aromatic heterocycles. The molecule has 1 amide bonds. The topological polar surface area (TPSA) is 98.9 Å². The lowest BCUT2D eigenvalue weighted by molar-refractivity contribution is -0.122. The van der Waals surface area contributed by atoms with Crippen molar-refractivity contribution in [3.8, 4) is 0 Å². The van der Waals surface area contributed by atoms with Crippen molar-refractivity contribution >= 4 is 16.9 Å². The smallest absolute Gasteiger partial charge is 0.332 e. The molecule has 8 nitrogen and oxygen atoms in total. The number of hydrogen-bond donors (Lipinski definition) is 1. The summed E-state index contributed by atoms with van der Waals surface area (Å²) in [6.07, 6.45) is 8.44. The quantitative estimate of drug-likeness (QED) is 0.707. The second-order valence-corrected chi connectivity index (χ2v) is 7.35. The van der Waals surface area contributed by atoms with Crippen molar-refractivity contribution in [1.29, 1.82) is 0 Å². The van der Waals surface area contributed by atoms with E-state index < -0.39 is 11.2 Å². The zero-order valence-corrected chi connectivity index (χ0v) is 16.1. The Bertz CT molecular complexity index is 1130. The van der Waals surface area contributed by atoms with Crippen LogP contribution in [-0.2, 0) is 17.9 Å². The van der Waals surface area contributed by atoms with Crippen molar-refractivity contribution in [2.45, 2.75) is 51.2 Å². The molecule has 3 aromatic rings. The third-order valence-electron chi connectivity index (χ3n) is 5.31. The van der Waals surface area contributed by atoms with Gasteiger partial charge in [0.05, 0.1) is 17.8 Å². The largest absolute Gasteiger partial charge is 0.352 e. The number of pyridine rings is 2. The van der Waals surface area contributed by atoms with Crippen molar-refractivity contribution in [3.63, 3.8) is 0 Å². The average Bonchev–Trinajstić information content (AvgIpc) is 2.75. The molecule has 0 bridgehead atoms. The molecule has 1 saturated carbocycles. The van der Waals surface area contributed by atoms with Gasteiger partial charge in [0.1, 0.15) is 6.54 Å². The van der Waals surface area contributed by atoms with Crippen LogP contribution in [0.25, 0.3) is 11.0 Å². The average molecular weight is 393 g/mol. The number of carbonyl (C=O) groups is 1. The standard InChI is InChI=1S/C21H23N5O3/c27-18(24-15-7-2-1-3-8-15)14-25-17-10-6-12-23-19(17)20(28)26(21(25)29)13-16-9-4-5-11-22-16/h4-6,9-12,15H,1-3,7-8,13-14H2,(H,24,27). The van der Waals surface area contributed by atoms with Crippen LogP contribution in [-0.4, -0.2) is 31.1 Å². The van der Waals surface area contributed by atoms with E-state index in [2.05, 4.69) is 15.3 Å². The van der Waals surface area contributed by atoms with E-state index in [9.17, 15) is 14.4 Å². The lowest BCUT2D eigenvalue weighted by Gasteiger charge is -2.23. The van der Waals surface area contributed by atoms with Crippen molar-refractivity contribution in [1.82, 2.24) is 24.4 Å². The van der Waals surface area contributed by atoms with E-state index in [-0.39, 0.29) is 30.6 Å². The maximum absolute atomic E-state index is 13.1. The maximum atomic E-state index is 13.1. The highest BCUT2D eigenvalue weighted by Crippen LogP contribution is 2.17. The number of hydrogen-bond acceptors (Lipinski definition) is 5. The number of carbonyl (C=O) groups excluding carboxylic acids is 1. The Labute approximate surface area is 167 Å². The Morgan fingerprint density at radius 1 is 1.00 bits per heavy atom. The predicted molar refractivity (Wildman–Crippen MR) is 109 cm³/mol. The lowest BCUT2D eigenvalue weighted by atomic mass is 9.95. The molecule has 0 aliphatic heterocycles. The zero-order valence-electron chi connectivity index (χ0n) is 16.1. The molecule has 0 aromatic carbocycles. The van der Waals surface area contributed by atoms with Crippen molar-refractivity contribution in [2.75, 3.05) is 0 Å². The molecule has 1 N–H and O–H groups in total. The van der Waals surface area contributed by atoms with Crippen LogP contribution < -0.4 is 16.6 Å². The Balaban J connectivity index is 1.71. The number of aromatic nitrogens is 4. The zero-order chi connectivity index (χ0) is 20.2. The van der Waals surface area contributed by atoms with Crippen LogP contribution in [0.3, 0.4) is 0 Å². The van der Waals surface area contributed by atoms with Gasteiger partial charge in [0.2, 0.25) is 5.91 Å². The van der Waals surface area contributed by atoms with Crippen LogP contribution in [0.4, 0.5) is 0 Å². The lowest BCUT2D eigenvalue weighted by Crippen LogP contribution is -2.45.